The minimum atomic E-state index is -0.448. The number of aromatic nitrogens is 2. The van der Waals surface area contributed by atoms with Gasteiger partial charge in [0.1, 0.15) is 12.1 Å². The van der Waals surface area contributed by atoms with Crippen LogP contribution in [0.5, 0.6) is 0 Å². The molecule has 0 spiro atoms. The molecule has 1 N–H and O–H groups in total. The average molecular weight is 177 g/mol. The smallest absolute Gasteiger partial charge is 0.236 e. The van der Waals surface area contributed by atoms with Crippen molar-refractivity contribution < 1.29 is 4.79 Å². The van der Waals surface area contributed by atoms with Crippen LogP contribution in [0.2, 0.25) is 0 Å². The van der Waals surface area contributed by atoms with Crippen molar-refractivity contribution >= 4 is 11.7 Å². The van der Waals surface area contributed by atoms with Crippen molar-refractivity contribution in [3.8, 4) is 0 Å². The predicted molar refractivity (Wildman–Crippen MR) is 48.3 cm³/mol. The summed E-state index contributed by atoms with van der Waals surface area (Å²) in [6.45, 7) is 3.90. The van der Waals surface area contributed by atoms with E-state index in [1.54, 1.807) is 6.20 Å². The molecule has 1 atom stereocenters. The van der Waals surface area contributed by atoms with Crippen molar-refractivity contribution in [2.45, 2.75) is 25.7 Å². The Morgan fingerprint density at radius 3 is 3.08 bits per heavy atom. The van der Waals surface area contributed by atoms with Gasteiger partial charge in [-0.1, -0.05) is 6.92 Å². The number of carbonyl (C=O) groups excluding carboxylic acids is 1. The third-order valence-electron chi connectivity index (χ3n) is 2.75. The molecule has 68 valence electrons. The number of amides is 1. The maximum atomic E-state index is 11.6. The second-order valence-corrected chi connectivity index (χ2v) is 3.42. The van der Waals surface area contributed by atoms with Gasteiger partial charge in [-0.25, -0.2) is 9.97 Å². The van der Waals surface area contributed by atoms with Gasteiger partial charge in [-0.05, 0) is 13.3 Å². The molecule has 0 radical (unpaired) electrons. The average Bonchev–Trinajstić information content (AvgIpc) is 2.41. The minimum absolute atomic E-state index is 0.0190. The molecule has 4 nitrogen and oxygen atoms in total. The Morgan fingerprint density at radius 2 is 2.38 bits per heavy atom. The second-order valence-electron chi connectivity index (χ2n) is 3.42. The van der Waals surface area contributed by atoms with Crippen LogP contribution in [-0.4, -0.2) is 15.9 Å². The number of fused-ring (bicyclic) bond motifs is 1. The Morgan fingerprint density at radius 1 is 1.62 bits per heavy atom. The number of nitrogens with one attached hydrogen (secondary N) is 1. The quantitative estimate of drug-likeness (QED) is 0.698. The summed E-state index contributed by atoms with van der Waals surface area (Å²) in [6, 6.07) is 0. The molecule has 2 rings (SSSR count). The highest BCUT2D eigenvalue weighted by Gasteiger charge is 2.41. The SMILES string of the molecule is CCC1(C)C(=O)Nc2ncncc21. The fraction of sp³-hybridized carbons (Fsp3) is 0.444. The highest BCUT2D eigenvalue weighted by atomic mass is 16.2. The van der Waals surface area contributed by atoms with E-state index >= 15 is 0 Å². The van der Waals surface area contributed by atoms with Crippen molar-refractivity contribution in [1.29, 1.82) is 0 Å². The largest absolute Gasteiger partial charge is 0.310 e. The molecule has 1 unspecified atom stereocenters. The normalized spacial score (nSPS) is 25.5. The molecular weight excluding hydrogens is 166 g/mol. The molecule has 2 heterocycles. The standard InChI is InChI=1S/C9H11N3O/c1-3-9(2)6-4-10-5-11-7(6)12-8(9)13/h4-5H,3H2,1-2H3,(H,10,11,12,13). The van der Waals surface area contributed by atoms with Gasteiger partial charge >= 0.3 is 0 Å². The summed E-state index contributed by atoms with van der Waals surface area (Å²) < 4.78 is 0. The van der Waals surface area contributed by atoms with E-state index in [9.17, 15) is 4.79 Å². The zero-order valence-corrected chi connectivity index (χ0v) is 7.66. The predicted octanol–water partition coefficient (Wildman–Crippen LogP) is 1.10. The molecule has 0 aliphatic carbocycles. The molecule has 13 heavy (non-hydrogen) atoms. The minimum Gasteiger partial charge on any atom is -0.310 e. The monoisotopic (exact) mass is 177 g/mol. The zero-order chi connectivity index (χ0) is 9.47. The fourth-order valence-corrected chi connectivity index (χ4v) is 1.55. The molecule has 0 fully saturated rings. The van der Waals surface area contributed by atoms with Crippen LogP contribution in [0.3, 0.4) is 0 Å². The van der Waals surface area contributed by atoms with Crippen LogP contribution in [0.15, 0.2) is 12.5 Å². The van der Waals surface area contributed by atoms with Crippen LogP contribution in [-0.2, 0) is 10.2 Å². The molecule has 0 saturated carbocycles. The third-order valence-corrected chi connectivity index (χ3v) is 2.75. The Bertz CT molecular complexity index is 364. The van der Waals surface area contributed by atoms with Crippen LogP contribution in [0.1, 0.15) is 25.8 Å². The highest BCUT2D eigenvalue weighted by molar-refractivity contribution is 6.04. The van der Waals surface area contributed by atoms with E-state index < -0.39 is 5.41 Å². The lowest BCUT2D eigenvalue weighted by atomic mass is 9.83. The number of carbonyl (C=O) groups is 1. The first-order valence-corrected chi connectivity index (χ1v) is 4.30. The maximum Gasteiger partial charge on any atom is 0.236 e. The van der Waals surface area contributed by atoms with Crippen molar-refractivity contribution in [3.63, 3.8) is 0 Å². The second kappa shape index (κ2) is 2.52. The van der Waals surface area contributed by atoms with Gasteiger partial charge in [0.2, 0.25) is 5.91 Å². The van der Waals surface area contributed by atoms with E-state index in [1.165, 1.54) is 6.33 Å². The Kier molecular flexibility index (Phi) is 1.58. The van der Waals surface area contributed by atoms with Gasteiger partial charge in [-0.2, -0.15) is 0 Å². The van der Waals surface area contributed by atoms with Gasteiger partial charge in [0.25, 0.3) is 0 Å². The highest BCUT2D eigenvalue weighted by Crippen LogP contribution is 2.37. The number of nitrogens with zero attached hydrogens (tertiary/aromatic N) is 2. The van der Waals surface area contributed by atoms with E-state index in [2.05, 4.69) is 15.3 Å². The topological polar surface area (TPSA) is 54.9 Å². The number of anilines is 1. The van der Waals surface area contributed by atoms with E-state index in [-0.39, 0.29) is 5.91 Å². The van der Waals surface area contributed by atoms with Crippen LogP contribution in [0.4, 0.5) is 5.82 Å². The summed E-state index contributed by atoms with van der Waals surface area (Å²) in [4.78, 5) is 19.5. The summed E-state index contributed by atoms with van der Waals surface area (Å²) in [7, 11) is 0. The van der Waals surface area contributed by atoms with E-state index in [1.807, 2.05) is 13.8 Å². The van der Waals surface area contributed by atoms with Gasteiger partial charge in [0.15, 0.2) is 0 Å². The zero-order valence-electron chi connectivity index (χ0n) is 7.66. The lowest BCUT2D eigenvalue weighted by Crippen LogP contribution is -2.29. The molecule has 1 aromatic rings. The first-order chi connectivity index (χ1) is 6.18. The summed E-state index contributed by atoms with van der Waals surface area (Å²) in [5.74, 6) is 0.676. The molecule has 1 aromatic heterocycles. The van der Waals surface area contributed by atoms with Gasteiger partial charge in [0.05, 0.1) is 5.41 Å². The molecule has 1 amide bonds. The van der Waals surface area contributed by atoms with E-state index in [0.717, 1.165) is 12.0 Å². The molecule has 0 saturated heterocycles. The maximum absolute atomic E-state index is 11.6. The van der Waals surface area contributed by atoms with E-state index in [0.29, 0.717) is 5.82 Å². The van der Waals surface area contributed by atoms with Crippen LogP contribution >= 0.6 is 0 Å². The number of hydrogen-bond donors (Lipinski definition) is 1. The summed E-state index contributed by atoms with van der Waals surface area (Å²) in [6.07, 6.45) is 3.92. The van der Waals surface area contributed by atoms with Gasteiger partial charge < -0.3 is 5.32 Å². The summed E-state index contributed by atoms with van der Waals surface area (Å²) >= 11 is 0. The summed E-state index contributed by atoms with van der Waals surface area (Å²) in [5.41, 5.74) is 0.457. The van der Waals surface area contributed by atoms with Gasteiger partial charge in [-0.15, -0.1) is 0 Å². The van der Waals surface area contributed by atoms with Crippen LogP contribution in [0, 0.1) is 0 Å². The first-order valence-electron chi connectivity index (χ1n) is 4.30. The molecular formula is C9H11N3O. The lowest BCUT2D eigenvalue weighted by Gasteiger charge is -2.18. The van der Waals surface area contributed by atoms with Crippen molar-refractivity contribution in [2.24, 2.45) is 0 Å². The Balaban J connectivity index is 2.59. The third kappa shape index (κ3) is 0.946. The molecule has 0 aromatic carbocycles. The van der Waals surface area contributed by atoms with Crippen LogP contribution < -0.4 is 5.32 Å². The first kappa shape index (κ1) is 8.16. The molecule has 1 aliphatic heterocycles. The molecule has 0 bridgehead atoms. The van der Waals surface area contributed by atoms with Crippen molar-refractivity contribution in [3.05, 3.63) is 18.1 Å². The van der Waals surface area contributed by atoms with Crippen molar-refractivity contribution in [1.82, 2.24) is 9.97 Å². The van der Waals surface area contributed by atoms with Gasteiger partial charge in [-0.3, -0.25) is 4.79 Å². The molecule has 4 heteroatoms. The number of hydrogen-bond acceptors (Lipinski definition) is 3. The summed E-state index contributed by atoms with van der Waals surface area (Å²) in [5, 5.41) is 2.75. The lowest BCUT2D eigenvalue weighted by molar-refractivity contribution is -0.120. The molecule has 1 aliphatic rings. The Hall–Kier alpha value is -1.45. The fourth-order valence-electron chi connectivity index (χ4n) is 1.55. The van der Waals surface area contributed by atoms with Gasteiger partial charge in [0, 0.05) is 11.8 Å². The number of rotatable bonds is 1. The van der Waals surface area contributed by atoms with Crippen molar-refractivity contribution in [2.75, 3.05) is 5.32 Å². The van der Waals surface area contributed by atoms with Crippen LogP contribution in [0.25, 0.3) is 0 Å². The van der Waals surface area contributed by atoms with E-state index in [4.69, 9.17) is 0 Å². The Labute approximate surface area is 76.4 Å².